The predicted octanol–water partition coefficient (Wildman–Crippen LogP) is 4.96. The summed E-state index contributed by atoms with van der Waals surface area (Å²) >= 11 is 0. The maximum absolute atomic E-state index is 13.4. The fraction of sp³-hybridized carbons (Fsp3) is 0.484. The summed E-state index contributed by atoms with van der Waals surface area (Å²) < 4.78 is 17.7. The number of unbranched alkanes of at least 4 members (excludes halogenated alkanes) is 2. The molecule has 0 bridgehead atoms. The van der Waals surface area contributed by atoms with Crippen molar-refractivity contribution in [1.29, 1.82) is 0 Å². The van der Waals surface area contributed by atoms with Gasteiger partial charge in [0.05, 0.1) is 24.8 Å². The van der Waals surface area contributed by atoms with Crippen molar-refractivity contribution in [2.45, 2.75) is 58.6 Å². The summed E-state index contributed by atoms with van der Waals surface area (Å²) in [7, 11) is 3.83. The molecule has 1 fully saturated rings. The molecular formula is C31H40N2O6. The maximum Gasteiger partial charge on any atom is 0.295 e. The lowest BCUT2D eigenvalue weighted by Crippen LogP contribution is -2.35. The van der Waals surface area contributed by atoms with E-state index in [4.69, 9.17) is 14.2 Å². The third-order valence-electron chi connectivity index (χ3n) is 7.09. The number of nitrogens with zero attached hydrogens (tertiary/aromatic N) is 2. The van der Waals surface area contributed by atoms with Gasteiger partial charge < -0.3 is 29.1 Å². The van der Waals surface area contributed by atoms with Gasteiger partial charge >= 0.3 is 0 Å². The highest BCUT2D eigenvalue weighted by Gasteiger charge is 2.46. The smallest absolute Gasteiger partial charge is 0.295 e. The summed E-state index contributed by atoms with van der Waals surface area (Å²) in [5.41, 5.74) is 2.21. The molecule has 0 saturated carbocycles. The van der Waals surface area contributed by atoms with Crippen molar-refractivity contribution in [2.24, 2.45) is 0 Å². The minimum Gasteiger partial charge on any atom is -0.507 e. The largest absolute Gasteiger partial charge is 0.507 e. The van der Waals surface area contributed by atoms with Gasteiger partial charge in [-0.1, -0.05) is 25.8 Å². The van der Waals surface area contributed by atoms with Crippen molar-refractivity contribution in [3.63, 3.8) is 0 Å². The van der Waals surface area contributed by atoms with Crippen molar-refractivity contribution < 1.29 is 28.9 Å². The summed E-state index contributed by atoms with van der Waals surface area (Å²) in [6, 6.07) is 10.1. The number of ketones is 1. The quantitative estimate of drug-likeness (QED) is 0.178. The lowest BCUT2D eigenvalue weighted by molar-refractivity contribution is -0.140. The van der Waals surface area contributed by atoms with Crippen LogP contribution < -0.4 is 14.2 Å². The average molecular weight is 537 g/mol. The van der Waals surface area contributed by atoms with E-state index >= 15 is 0 Å². The Balaban J connectivity index is 1.77. The Labute approximate surface area is 231 Å². The molecule has 1 amide bonds. The second kappa shape index (κ2) is 12.6. The van der Waals surface area contributed by atoms with Gasteiger partial charge in [0.2, 0.25) is 0 Å². The SMILES string of the molecule is CCCCCOc1ccc([C@@H]2C(=C(O)c3ccc4c(c3)C[C@H](C)O4)C(=O)C(=O)N2CCN(C)C)cc1OCC. The normalized spacial score (nSPS) is 19.9. The Bertz CT molecular complexity index is 1240. The van der Waals surface area contributed by atoms with E-state index in [2.05, 4.69) is 6.92 Å². The number of amides is 1. The number of Topliss-reactive ketones (excluding diaryl/α,β-unsaturated/α-hetero) is 1. The highest BCUT2D eigenvalue weighted by Crippen LogP contribution is 2.42. The van der Waals surface area contributed by atoms with Gasteiger partial charge in [0.15, 0.2) is 11.5 Å². The van der Waals surface area contributed by atoms with Crippen molar-refractivity contribution >= 4 is 17.4 Å². The molecule has 2 aromatic carbocycles. The molecule has 1 N–H and O–H groups in total. The lowest BCUT2D eigenvalue weighted by Gasteiger charge is -2.27. The number of carbonyl (C=O) groups excluding carboxylic acids is 2. The minimum atomic E-state index is -0.762. The Morgan fingerprint density at radius 1 is 1.08 bits per heavy atom. The van der Waals surface area contributed by atoms with Crippen molar-refractivity contribution in [1.82, 2.24) is 9.80 Å². The zero-order valence-corrected chi connectivity index (χ0v) is 23.7. The number of hydrogen-bond donors (Lipinski definition) is 1. The molecule has 0 aliphatic carbocycles. The molecule has 2 atom stereocenters. The molecule has 1 saturated heterocycles. The van der Waals surface area contributed by atoms with Crippen LogP contribution >= 0.6 is 0 Å². The molecule has 2 aliphatic rings. The van der Waals surface area contributed by atoms with Gasteiger partial charge in [0, 0.05) is 25.1 Å². The van der Waals surface area contributed by atoms with Gasteiger partial charge in [-0.3, -0.25) is 9.59 Å². The first-order valence-corrected chi connectivity index (χ1v) is 13.9. The Hall–Kier alpha value is -3.52. The van der Waals surface area contributed by atoms with Gasteiger partial charge in [0.1, 0.15) is 17.6 Å². The molecule has 4 rings (SSSR count). The highest BCUT2D eigenvalue weighted by molar-refractivity contribution is 6.46. The van der Waals surface area contributed by atoms with E-state index in [1.807, 2.05) is 63.2 Å². The number of ether oxygens (including phenoxy) is 3. The van der Waals surface area contributed by atoms with Crippen LogP contribution in [0.5, 0.6) is 17.2 Å². The third kappa shape index (κ3) is 6.22. The first-order valence-electron chi connectivity index (χ1n) is 13.9. The van der Waals surface area contributed by atoms with Crippen LogP contribution in [0.2, 0.25) is 0 Å². The van der Waals surface area contributed by atoms with E-state index in [0.717, 1.165) is 30.6 Å². The van der Waals surface area contributed by atoms with Crippen LogP contribution in [0.1, 0.15) is 62.8 Å². The Morgan fingerprint density at radius 2 is 1.87 bits per heavy atom. The average Bonchev–Trinajstić information content (AvgIpc) is 3.40. The molecule has 0 radical (unpaired) electrons. The van der Waals surface area contributed by atoms with Gasteiger partial charge in [-0.15, -0.1) is 0 Å². The number of rotatable bonds is 12. The van der Waals surface area contributed by atoms with E-state index in [1.165, 1.54) is 0 Å². The van der Waals surface area contributed by atoms with Crippen LogP contribution in [0, 0.1) is 0 Å². The molecule has 8 heteroatoms. The topological polar surface area (TPSA) is 88.5 Å². The summed E-state index contributed by atoms with van der Waals surface area (Å²) in [5, 5.41) is 11.5. The number of carbonyl (C=O) groups is 2. The van der Waals surface area contributed by atoms with E-state index in [-0.39, 0.29) is 17.4 Å². The molecule has 8 nitrogen and oxygen atoms in total. The number of aliphatic hydroxyl groups excluding tert-OH is 1. The second-order valence-electron chi connectivity index (χ2n) is 10.4. The molecule has 2 heterocycles. The standard InChI is InChI=1S/C31H40N2O6/c1-6-8-9-16-38-25-13-10-21(19-26(25)37-7-2)28-27(30(35)31(36)33(28)15-14-32(4)5)29(34)22-11-12-24-23(18-22)17-20(3)39-24/h10-13,18-20,28,34H,6-9,14-17H2,1-5H3/t20-,28+/m0/s1. The maximum atomic E-state index is 13.4. The summed E-state index contributed by atoms with van der Waals surface area (Å²) in [6.45, 7) is 7.94. The lowest BCUT2D eigenvalue weighted by atomic mass is 9.94. The highest BCUT2D eigenvalue weighted by atomic mass is 16.5. The fourth-order valence-corrected chi connectivity index (χ4v) is 5.11. The number of likely N-dealkylation sites (N-methyl/N-ethyl adjacent to an activating group) is 1. The van der Waals surface area contributed by atoms with Crippen LogP contribution in [0.4, 0.5) is 0 Å². The zero-order valence-electron chi connectivity index (χ0n) is 23.7. The number of fused-ring (bicyclic) bond motifs is 1. The van der Waals surface area contributed by atoms with Crippen LogP contribution in [0.3, 0.4) is 0 Å². The number of hydrogen-bond acceptors (Lipinski definition) is 7. The second-order valence-corrected chi connectivity index (χ2v) is 10.4. The van der Waals surface area contributed by atoms with E-state index in [1.54, 1.807) is 11.0 Å². The molecule has 39 heavy (non-hydrogen) atoms. The fourth-order valence-electron chi connectivity index (χ4n) is 5.11. The molecule has 0 aromatic heterocycles. The van der Waals surface area contributed by atoms with E-state index < -0.39 is 17.7 Å². The van der Waals surface area contributed by atoms with Crippen molar-refractivity contribution in [2.75, 3.05) is 40.4 Å². The van der Waals surface area contributed by atoms with Crippen LogP contribution in [0.15, 0.2) is 42.0 Å². The van der Waals surface area contributed by atoms with Gasteiger partial charge in [-0.25, -0.2) is 0 Å². The zero-order chi connectivity index (χ0) is 28.1. The van der Waals surface area contributed by atoms with Gasteiger partial charge in [-0.05, 0) is 75.8 Å². The number of benzene rings is 2. The van der Waals surface area contributed by atoms with Crippen LogP contribution in [-0.2, 0) is 16.0 Å². The monoisotopic (exact) mass is 536 g/mol. The third-order valence-corrected chi connectivity index (χ3v) is 7.09. The first kappa shape index (κ1) is 28.5. The van der Waals surface area contributed by atoms with Crippen molar-refractivity contribution in [3.05, 3.63) is 58.7 Å². The summed E-state index contributed by atoms with van der Waals surface area (Å²) in [5.74, 6) is 0.436. The van der Waals surface area contributed by atoms with Crippen LogP contribution in [0.25, 0.3) is 5.76 Å². The summed E-state index contributed by atoms with van der Waals surface area (Å²) in [4.78, 5) is 30.2. The molecular weight excluding hydrogens is 496 g/mol. The molecule has 210 valence electrons. The Kier molecular flexibility index (Phi) is 9.17. The summed E-state index contributed by atoms with van der Waals surface area (Å²) in [6.07, 6.45) is 3.89. The van der Waals surface area contributed by atoms with Gasteiger partial charge in [0.25, 0.3) is 11.7 Å². The molecule has 2 aliphatic heterocycles. The van der Waals surface area contributed by atoms with E-state index in [0.29, 0.717) is 55.4 Å². The molecule has 0 spiro atoms. The van der Waals surface area contributed by atoms with Crippen molar-refractivity contribution in [3.8, 4) is 17.2 Å². The number of likely N-dealkylation sites (tertiary alicyclic amines) is 1. The number of aliphatic hydroxyl groups is 1. The first-order chi connectivity index (χ1) is 18.7. The molecule has 2 aromatic rings. The van der Waals surface area contributed by atoms with Gasteiger partial charge in [-0.2, -0.15) is 0 Å². The predicted molar refractivity (Wildman–Crippen MR) is 150 cm³/mol. The van der Waals surface area contributed by atoms with Crippen LogP contribution in [-0.4, -0.2) is 73.1 Å². The van der Waals surface area contributed by atoms with E-state index in [9.17, 15) is 14.7 Å². The Morgan fingerprint density at radius 3 is 2.59 bits per heavy atom. The molecule has 0 unspecified atom stereocenters. The minimum absolute atomic E-state index is 0.0497.